The maximum absolute atomic E-state index is 12.5. The summed E-state index contributed by atoms with van der Waals surface area (Å²) in [6, 6.07) is 17.3. The highest BCUT2D eigenvalue weighted by molar-refractivity contribution is 5.95. The highest BCUT2D eigenvalue weighted by Crippen LogP contribution is 2.17. The number of carbonyl (C=O) groups excluding carboxylic acids is 1. The van der Waals surface area contributed by atoms with Crippen LogP contribution in [0, 0.1) is 13.8 Å². The molecule has 0 aliphatic rings. The SMILES string of the molecule is Cc1ccccc1C(O)CNC(=O)c1cnn(-c2ccccc2)c1C. The van der Waals surface area contributed by atoms with Crippen molar-refractivity contribution in [3.63, 3.8) is 0 Å². The van der Waals surface area contributed by atoms with Gasteiger partial charge in [-0.15, -0.1) is 0 Å². The van der Waals surface area contributed by atoms with Gasteiger partial charge in [-0.3, -0.25) is 4.79 Å². The number of nitrogens with one attached hydrogen (secondary N) is 1. The molecule has 1 unspecified atom stereocenters. The minimum absolute atomic E-state index is 0.152. The van der Waals surface area contributed by atoms with E-state index in [9.17, 15) is 9.90 Å². The third kappa shape index (κ3) is 3.61. The number of nitrogens with zero attached hydrogens (tertiary/aromatic N) is 2. The first-order chi connectivity index (χ1) is 12.1. The normalized spacial score (nSPS) is 12.0. The molecule has 5 nitrogen and oxygen atoms in total. The minimum atomic E-state index is -0.741. The molecule has 0 saturated carbocycles. The Labute approximate surface area is 146 Å². The molecule has 2 aromatic carbocycles. The molecule has 3 aromatic rings. The molecular formula is C20H21N3O2. The van der Waals surface area contributed by atoms with E-state index in [0.29, 0.717) is 5.56 Å². The lowest BCUT2D eigenvalue weighted by molar-refractivity contribution is 0.0915. The van der Waals surface area contributed by atoms with Crippen LogP contribution in [0.15, 0.2) is 60.8 Å². The second kappa shape index (κ2) is 7.32. The van der Waals surface area contributed by atoms with Gasteiger partial charge in [-0.25, -0.2) is 4.68 Å². The Kier molecular flexibility index (Phi) is 4.95. The van der Waals surface area contributed by atoms with Gasteiger partial charge in [0, 0.05) is 6.54 Å². The molecule has 0 bridgehead atoms. The summed E-state index contributed by atoms with van der Waals surface area (Å²) in [5.74, 6) is -0.243. The average Bonchev–Trinajstić information content (AvgIpc) is 3.02. The Bertz CT molecular complexity index is 872. The van der Waals surface area contributed by atoms with E-state index >= 15 is 0 Å². The van der Waals surface area contributed by atoms with E-state index in [1.807, 2.05) is 68.4 Å². The van der Waals surface area contributed by atoms with Crippen molar-refractivity contribution in [1.29, 1.82) is 0 Å². The number of amides is 1. The fraction of sp³-hybridized carbons (Fsp3) is 0.200. The Morgan fingerprint density at radius 3 is 2.52 bits per heavy atom. The number of carbonyl (C=O) groups is 1. The Morgan fingerprint density at radius 1 is 1.12 bits per heavy atom. The fourth-order valence-electron chi connectivity index (χ4n) is 2.82. The molecule has 0 spiro atoms. The molecular weight excluding hydrogens is 314 g/mol. The molecule has 1 atom stereocenters. The Balaban J connectivity index is 1.70. The smallest absolute Gasteiger partial charge is 0.254 e. The van der Waals surface area contributed by atoms with Crippen molar-refractivity contribution in [2.45, 2.75) is 20.0 Å². The van der Waals surface area contributed by atoms with Crippen molar-refractivity contribution in [3.8, 4) is 5.69 Å². The lowest BCUT2D eigenvalue weighted by Gasteiger charge is -2.14. The van der Waals surface area contributed by atoms with Crippen LogP contribution in [0.5, 0.6) is 0 Å². The topological polar surface area (TPSA) is 67.2 Å². The van der Waals surface area contributed by atoms with Crippen LogP contribution in [0.4, 0.5) is 0 Å². The van der Waals surface area contributed by atoms with Gasteiger partial charge in [0.1, 0.15) is 0 Å². The van der Waals surface area contributed by atoms with Gasteiger partial charge in [-0.05, 0) is 37.1 Å². The predicted molar refractivity (Wildman–Crippen MR) is 96.8 cm³/mol. The first-order valence-electron chi connectivity index (χ1n) is 8.19. The molecule has 3 rings (SSSR count). The van der Waals surface area contributed by atoms with Gasteiger partial charge >= 0.3 is 0 Å². The van der Waals surface area contributed by atoms with Crippen LogP contribution < -0.4 is 5.32 Å². The maximum atomic E-state index is 12.5. The van der Waals surface area contributed by atoms with E-state index in [2.05, 4.69) is 10.4 Å². The van der Waals surface area contributed by atoms with Crippen molar-refractivity contribution in [2.24, 2.45) is 0 Å². The highest BCUT2D eigenvalue weighted by atomic mass is 16.3. The van der Waals surface area contributed by atoms with Crippen LogP contribution >= 0.6 is 0 Å². The van der Waals surface area contributed by atoms with Crippen LogP contribution in [0.3, 0.4) is 0 Å². The predicted octanol–water partition coefficient (Wildman–Crippen LogP) is 2.95. The monoisotopic (exact) mass is 335 g/mol. The second-order valence-electron chi connectivity index (χ2n) is 5.97. The van der Waals surface area contributed by atoms with Crippen LogP contribution in [0.25, 0.3) is 5.69 Å². The Hall–Kier alpha value is -2.92. The van der Waals surface area contributed by atoms with E-state index in [1.165, 1.54) is 0 Å². The number of aliphatic hydroxyl groups excluding tert-OH is 1. The number of hydrogen-bond donors (Lipinski definition) is 2. The van der Waals surface area contributed by atoms with Gasteiger partial charge in [-0.2, -0.15) is 5.10 Å². The van der Waals surface area contributed by atoms with Crippen LogP contribution in [0.1, 0.15) is 33.3 Å². The molecule has 1 heterocycles. The molecule has 0 saturated heterocycles. The average molecular weight is 335 g/mol. The zero-order valence-electron chi connectivity index (χ0n) is 14.3. The van der Waals surface area contributed by atoms with Gasteiger partial charge in [-0.1, -0.05) is 42.5 Å². The molecule has 0 radical (unpaired) electrons. The van der Waals surface area contributed by atoms with Gasteiger partial charge in [0.2, 0.25) is 0 Å². The fourth-order valence-corrected chi connectivity index (χ4v) is 2.82. The quantitative estimate of drug-likeness (QED) is 0.753. The van der Waals surface area contributed by atoms with E-state index in [-0.39, 0.29) is 12.5 Å². The zero-order chi connectivity index (χ0) is 17.8. The number of aryl methyl sites for hydroxylation is 1. The Morgan fingerprint density at radius 2 is 1.80 bits per heavy atom. The molecule has 0 fully saturated rings. The summed E-state index contributed by atoms with van der Waals surface area (Å²) in [6.07, 6.45) is 0.812. The molecule has 128 valence electrons. The molecule has 1 amide bonds. The van der Waals surface area contributed by atoms with Gasteiger partial charge in [0.05, 0.1) is 29.2 Å². The second-order valence-corrected chi connectivity index (χ2v) is 5.97. The van der Waals surface area contributed by atoms with Gasteiger partial charge in [0.15, 0.2) is 0 Å². The van der Waals surface area contributed by atoms with Crippen molar-refractivity contribution in [2.75, 3.05) is 6.54 Å². The summed E-state index contributed by atoms with van der Waals surface area (Å²) in [5.41, 5.74) is 3.98. The van der Waals surface area contributed by atoms with Crippen LogP contribution in [-0.2, 0) is 0 Å². The lowest BCUT2D eigenvalue weighted by Crippen LogP contribution is -2.29. The van der Waals surface area contributed by atoms with Crippen molar-refractivity contribution < 1.29 is 9.90 Å². The number of aromatic nitrogens is 2. The summed E-state index contributed by atoms with van der Waals surface area (Å²) in [6.45, 7) is 3.95. The highest BCUT2D eigenvalue weighted by Gasteiger charge is 2.17. The van der Waals surface area contributed by atoms with Gasteiger partial charge < -0.3 is 10.4 Å². The summed E-state index contributed by atoms with van der Waals surface area (Å²) >= 11 is 0. The summed E-state index contributed by atoms with van der Waals surface area (Å²) in [4.78, 5) is 12.5. The molecule has 25 heavy (non-hydrogen) atoms. The summed E-state index contributed by atoms with van der Waals surface area (Å²) < 4.78 is 1.73. The maximum Gasteiger partial charge on any atom is 0.254 e. The van der Waals surface area contributed by atoms with Crippen molar-refractivity contribution >= 4 is 5.91 Å². The molecule has 1 aromatic heterocycles. The standard InChI is InChI=1S/C20H21N3O2/c1-14-8-6-7-11-17(14)19(24)13-21-20(25)18-12-22-23(15(18)2)16-9-4-3-5-10-16/h3-12,19,24H,13H2,1-2H3,(H,21,25). The number of hydrogen-bond acceptors (Lipinski definition) is 3. The minimum Gasteiger partial charge on any atom is -0.387 e. The van der Waals surface area contributed by atoms with Gasteiger partial charge in [0.25, 0.3) is 5.91 Å². The van der Waals surface area contributed by atoms with Crippen LogP contribution in [-0.4, -0.2) is 27.3 Å². The van der Waals surface area contributed by atoms with E-state index in [4.69, 9.17) is 0 Å². The third-order valence-electron chi connectivity index (χ3n) is 4.26. The third-order valence-corrected chi connectivity index (χ3v) is 4.26. The zero-order valence-corrected chi connectivity index (χ0v) is 14.3. The molecule has 5 heteroatoms. The number of rotatable bonds is 5. The summed E-state index contributed by atoms with van der Waals surface area (Å²) in [7, 11) is 0. The number of aliphatic hydroxyl groups is 1. The molecule has 0 aliphatic carbocycles. The van der Waals surface area contributed by atoms with Crippen LogP contribution in [0.2, 0.25) is 0 Å². The molecule has 0 aliphatic heterocycles. The molecule has 2 N–H and O–H groups in total. The number of para-hydroxylation sites is 1. The first kappa shape index (κ1) is 16.9. The summed E-state index contributed by atoms with van der Waals surface area (Å²) in [5, 5.41) is 17.4. The van der Waals surface area contributed by atoms with E-state index in [1.54, 1.807) is 10.9 Å². The van der Waals surface area contributed by atoms with E-state index < -0.39 is 6.10 Å². The lowest BCUT2D eigenvalue weighted by atomic mass is 10.0. The van der Waals surface area contributed by atoms with Crippen molar-refractivity contribution in [1.82, 2.24) is 15.1 Å². The largest absolute Gasteiger partial charge is 0.387 e. The first-order valence-corrected chi connectivity index (χ1v) is 8.19. The van der Waals surface area contributed by atoms with E-state index in [0.717, 1.165) is 22.5 Å². The number of benzene rings is 2. The van der Waals surface area contributed by atoms with Crippen molar-refractivity contribution in [3.05, 3.63) is 83.2 Å².